The van der Waals surface area contributed by atoms with Crippen molar-refractivity contribution in [3.63, 3.8) is 0 Å². The number of carboxylic acid groups (broad SMARTS) is 2. The molecular formula is C23H39N7O9. The number of rotatable bonds is 17. The monoisotopic (exact) mass is 557 g/mol. The predicted octanol–water partition coefficient (Wildman–Crippen LogP) is -3.39. The van der Waals surface area contributed by atoms with Gasteiger partial charge in [-0.15, -0.1) is 0 Å². The van der Waals surface area contributed by atoms with Crippen LogP contribution in [0.15, 0.2) is 0 Å². The van der Waals surface area contributed by atoms with Gasteiger partial charge in [-0.2, -0.15) is 0 Å². The molecule has 0 unspecified atom stereocenters. The molecule has 0 bridgehead atoms. The normalized spacial score (nSPS) is 16.9. The summed E-state index contributed by atoms with van der Waals surface area (Å²) >= 11 is 0. The van der Waals surface area contributed by atoms with Crippen LogP contribution in [0.5, 0.6) is 0 Å². The number of hydrogen-bond acceptors (Lipinski definition) is 9. The second kappa shape index (κ2) is 16.9. The summed E-state index contributed by atoms with van der Waals surface area (Å²) in [6, 6.07) is -4.27. The molecule has 5 amide bonds. The number of carbonyl (C=O) groups excluding carboxylic acids is 5. The van der Waals surface area contributed by atoms with E-state index in [2.05, 4.69) is 21.3 Å². The fourth-order valence-electron chi connectivity index (χ4n) is 3.92. The molecule has 0 saturated carbocycles. The fourth-order valence-corrected chi connectivity index (χ4v) is 3.92. The number of carbonyl (C=O) groups is 7. The third kappa shape index (κ3) is 12.1. The predicted molar refractivity (Wildman–Crippen MR) is 136 cm³/mol. The Morgan fingerprint density at radius 2 is 1.59 bits per heavy atom. The van der Waals surface area contributed by atoms with Gasteiger partial charge in [0.2, 0.25) is 29.5 Å². The fraction of sp³-hybridized carbons (Fsp3) is 0.696. The van der Waals surface area contributed by atoms with Crippen LogP contribution >= 0.6 is 0 Å². The number of carboxylic acids is 2. The quantitative estimate of drug-likeness (QED) is 0.0817. The van der Waals surface area contributed by atoms with Gasteiger partial charge in [-0.05, 0) is 52.0 Å². The molecule has 0 aromatic rings. The van der Waals surface area contributed by atoms with Crippen LogP contribution < -0.4 is 32.7 Å². The highest BCUT2D eigenvalue weighted by atomic mass is 16.4. The molecule has 39 heavy (non-hydrogen) atoms. The molecule has 220 valence electrons. The smallest absolute Gasteiger partial charge is 0.322 e. The van der Waals surface area contributed by atoms with Gasteiger partial charge in [0.25, 0.3) is 0 Å². The Bertz CT molecular complexity index is 912. The van der Waals surface area contributed by atoms with Crippen molar-refractivity contribution in [3.8, 4) is 0 Å². The maximum Gasteiger partial charge on any atom is 0.322 e. The SMILES string of the molecule is C[C@H](N)C(=O)NCC(=O)N[C@@H](CCCCN)C(=O)N[C@@H](CCC(=O)O)C(=O)N1CCC[C@H]1C(=O)NCC(=O)O. The molecular weight excluding hydrogens is 518 g/mol. The Balaban J connectivity index is 3.01. The summed E-state index contributed by atoms with van der Waals surface area (Å²) < 4.78 is 0. The van der Waals surface area contributed by atoms with Crippen LogP contribution in [0, 0.1) is 0 Å². The maximum atomic E-state index is 13.4. The van der Waals surface area contributed by atoms with E-state index in [1.54, 1.807) is 0 Å². The first-order valence-corrected chi connectivity index (χ1v) is 12.7. The molecule has 1 saturated heterocycles. The molecule has 0 spiro atoms. The summed E-state index contributed by atoms with van der Waals surface area (Å²) in [5.41, 5.74) is 11.0. The molecule has 0 aliphatic carbocycles. The highest BCUT2D eigenvalue weighted by molar-refractivity contribution is 5.95. The first kappa shape index (κ1) is 33.2. The second-order valence-electron chi connectivity index (χ2n) is 9.21. The third-order valence-electron chi connectivity index (χ3n) is 5.95. The number of nitrogens with zero attached hydrogens (tertiary/aromatic N) is 1. The number of likely N-dealkylation sites (tertiary alicyclic amines) is 1. The summed E-state index contributed by atoms with van der Waals surface area (Å²) in [4.78, 5) is 86.2. The molecule has 16 heteroatoms. The lowest BCUT2D eigenvalue weighted by atomic mass is 10.1. The molecule has 0 aromatic carbocycles. The van der Waals surface area contributed by atoms with Gasteiger partial charge >= 0.3 is 11.9 Å². The van der Waals surface area contributed by atoms with Gasteiger partial charge in [-0.25, -0.2) is 0 Å². The van der Waals surface area contributed by atoms with Crippen LogP contribution in [0.1, 0.15) is 51.9 Å². The Labute approximate surface area is 225 Å². The number of nitrogens with one attached hydrogen (secondary N) is 4. The van der Waals surface area contributed by atoms with Gasteiger partial charge in [0.15, 0.2) is 0 Å². The number of aliphatic carboxylic acids is 2. The van der Waals surface area contributed by atoms with Crippen molar-refractivity contribution in [2.24, 2.45) is 11.5 Å². The highest BCUT2D eigenvalue weighted by Crippen LogP contribution is 2.20. The lowest BCUT2D eigenvalue weighted by Gasteiger charge is -2.29. The largest absolute Gasteiger partial charge is 0.481 e. The zero-order valence-electron chi connectivity index (χ0n) is 21.9. The van der Waals surface area contributed by atoms with Crippen molar-refractivity contribution >= 4 is 41.5 Å². The number of hydrogen-bond donors (Lipinski definition) is 8. The summed E-state index contributed by atoms with van der Waals surface area (Å²) in [5.74, 6) is -5.85. The van der Waals surface area contributed by atoms with Gasteiger partial charge in [0.1, 0.15) is 24.7 Å². The minimum Gasteiger partial charge on any atom is -0.481 e. The summed E-state index contributed by atoms with van der Waals surface area (Å²) in [6.07, 6.45) is 1.11. The molecule has 1 rings (SSSR count). The summed E-state index contributed by atoms with van der Waals surface area (Å²) in [7, 11) is 0. The zero-order chi connectivity index (χ0) is 29.5. The van der Waals surface area contributed by atoms with Crippen molar-refractivity contribution in [2.45, 2.75) is 76.0 Å². The molecule has 10 N–H and O–H groups in total. The number of amides is 5. The number of nitrogens with two attached hydrogens (primary N) is 2. The minimum absolute atomic E-state index is 0.152. The van der Waals surface area contributed by atoms with Gasteiger partial charge in [0.05, 0.1) is 12.6 Å². The van der Waals surface area contributed by atoms with E-state index in [1.165, 1.54) is 11.8 Å². The molecule has 16 nitrogen and oxygen atoms in total. The van der Waals surface area contributed by atoms with Crippen LogP contribution in [-0.4, -0.2) is 107 Å². The second-order valence-corrected chi connectivity index (χ2v) is 9.21. The van der Waals surface area contributed by atoms with E-state index in [9.17, 15) is 33.6 Å². The molecule has 4 atom stereocenters. The van der Waals surface area contributed by atoms with Gasteiger partial charge < -0.3 is 47.8 Å². The molecule has 0 aromatic heterocycles. The lowest BCUT2D eigenvalue weighted by molar-refractivity contribution is -0.143. The van der Waals surface area contributed by atoms with Crippen LogP contribution in [0.4, 0.5) is 0 Å². The van der Waals surface area contributed by atoms with Crippen LogP contribution in [0.2, 0.25) is 0 Å². The minimum atomic E-state index is -1.33. The van der Waals surface area contributed by atoms with Crippen molar-refractivity contribution < 1.29 is 43.8 Å². The maximum absolute atomic E-state index is 13.4. The van der Waals surface area contributed by atoms with Gasteiger partial charge in [-0.1, -0.05) is 0 Å². The van der Waals surface area contributed by atoms with E-state index < -0.39 is 85.2 Å². The average molecular weight is 558 g/mol. The van der Waals surface area contributed by atoms with Crippen molar-refractivity contribution in [1.82, 2.24) is 26.2 Å². The molecule has 0 radical (unpaired) electrons. The van der Waals surface area contributed by atoms with Gasteiger partial charge in [-0.3, -0.25) is 33.6 Å². The summed E-state index contributed by atoms with van der Waals surface area (Å²) in [5, 5.41) is 27.5. The van der Waals surface area contributed by atoms with Crippen LogP contribution in [0.3, 0.4) is 0 Å². The Kier molecular flexibility index (Phi) is 14.4. The highest BCUT2D eigenvalue weighted by Gasteiger charge is 2.38. The van der Waals surface area contributed by atoms with Crippen LogP contribution in [0.25, 0.3) is 0 Å². The molecule has 1 aliphatic heterocycles. The summed E-state index contributed by atoms with van der Waals surface area (Å²) in [6.45, 7) is 0.853. The van der Waals surface area contributed by atoms with E-state index in [0.717, 1.165) is 0 Å². The third-order valence-corrected chi connectivity index (χ3v) is 5.95. The molecule has 1 heterocycles. The standard InChI is InChI=1S/C23H39N7O9/c1-13(25)20(36)26-11-17(31)28-14(5-2-3-9-24)21(37)29-15(7-8-18(32)33)23(39)30-10-4-6-16(30)22(38)27-12-19(34)35/h13-16H,2-12,24-25H2,1H3,(H,26,36)(H,27,38)(H,28,31)(H,29,37)(H,32,33)(H,34,35)/t13-,14-,15-,16-/m0/s1. The molecule has 1 aliphatic rings. The Morgan fingerprint density at radius 3 is 2.18 bits per heavy atom. The Morgan fingerprint density at radius 1 is 0.897 bits per heavy atom. The van der Waals surface area contributed by atoms with Crippen molar-refractivity contribution in [2.75, 3.05) is 26.2 Å². The zero-order valence-corrected chi connectivity index (χ0v) is 21.9. The van der Waals surface area contributed by atoms with E-state index in [4.69, 9.17) is 21.7 Å². The van der Waals surface area contributed by atoms with E-state index >= 15 is 0 Å². The van der Waals surface area contributed by atoms with Gasteiger partial charge in [0, 0.05) is 13.0 Å². The van der Waals surface area contributed by atoms with Crippen molar-refractivity contribution in [1.29, 1.82) is 0 Å². The van der Waals surface area contributed by atoms with Crippen LogP contribution in [-0.2, 0) is 33.6 Å². The average Bonchev–Trinajstić information content (AvgIpc) is 3.37. The molecule has 1 fully saturated rings. The van der Waals surface area contributed by atoms with E-state index in [-0.39, 0.29) is 25.8 Å². The topological polar surface area (TPSA) is 263 Å². The Hall–Kier alpha value is -3.79. The number of unbranched alkanes of at least 4 members (excludes halogenated alkanes) is 1. The van der Waals surface area contributed by atoms with E-state index in [0.29, 0.717) is 25.8 Å². The van der Waals surface area contributed by atoms with E-state index in [1.807, 2.05) is 0 Å². The first-order valence-electron chi connectivity index (χ1n) is 12.7. The van der Waals surface area contributed by atoms with Crippen molar-refractivity contribution in [3.05, 3.63) is 0 Å². The first-order chi connectivity index (χ1) is 18.4. The lowest BCUT2D eigenvalue weighted by Crippen LogP contribution is -2.57.